The molecule has 0 aliphatic rings. The van der Waals surface area contributed by atoms with Crippen LogP contribution >= 0.6 is 11.8 Å². The van der Waals surface area contributed by atoms with E-state index < -0.39 is 0 Å². The number of rotatable bonds is 4. The van der Waals surface area contributed by atoms with E-state index in [4.69, 9.17) is 0 Å². The van der Waals surface area contributed by atoms with Gasteiger partial charge in [0.05, 0.1) is 10.8 Å². The number of thioether (sulfide) groups is 1. The van der Waals surface area contributed by atoms with E-state index in [9.17, 15) is 10.1 Å². The first-order valence-electron chi connectivity index (χ1n) is 6.62. The van der Waals surface area contributed by atoms with Gasteiger partial charge in [-0.05, 0) is 52.7 Å². The predicted molar refractivity (Wildman–Crippen MR) is 81.8 cm³/mol. The maximum atomic E-state index is 12.0. The molecule has 0 saturated heterocycles. The van der Waals surface area contributed by atoms with Gasteiger partial charge in [-0.1, -0.05) is 11.8 Å². The largest absolute Gasteiger partial charge is 0.353 e. The molecule has 1 heterocycles. The Hall–Kier alpha value is -1.54. The molecule has 0 radical (unpaired) electrons. The number of carbonyl (C=O) groups is 1. The van der Waals surface area contributed by atoms with E-state index in [1.54, 1.807) is 0 Å². The summed E-state index contributed by atoms with van der Waals surface area (Å²) in [6.45, 7) is 11.5. The van der Waals surface area contributed by atoms with Crippen LogP contribution in [-0.2, 0) is 4.79 Å². The zero-order valence-corrected chi connectivity index (χ0v) is 13.7. The Labute approximate surface area is 125 Å². The molecule has 0 bridgehead atoms. The summed E-state index contributed by atoms with van der Waals surface area (Å²) in [6, 6.07) is 2.31. The topological polar surface area (TPSA) is 65.8 Å². The van der Waals surface area contributed by atoms with Crippen molar-refractivity contribution in [2.75, 3.05) is 0 Å². The standard InChI is InChI=1S/C15H21N3OS/c1-8(2)17-14(19)12(6)20-15-13(7-16)10(4)9(3)11(5)18-15/h8,12H,1-6H3,(H,17,19)/t12-/m0/s1. The van der Waals surface area contributed by atoms with E-state index in [0.717, 1.165) is 16.8 Å². The number of hydrogen-bond acceptors (Lipinski definition) is 4. The van der Waals surface area contributed by atoms with Gasteiger partial charge in [0, 0.05) is 11.7 Å². The minimum Gasteiger partial charge on any atom is -0.353 e. The Kier molecular flexibility index (Phi) is 5.58. The van der Waals surface area contributed by atoms with Crippen LogP contribution in [0.2, 0.25) is 0 Å². The van der Waals surface area contributed by atoms with Gasteiger partial charge in [0.15, 0.2) is 0 Å². The second-order valence-corrected chi connectivity index (χ2v) is 6.49. The van der Waals surface area contributed by atoms with E-state index in [-0.39, 0.29) is 17.2 Å². The van der Waals surface area contributed by atoms with E-state index in [1.165, 1.54) is 11.8 Å². The maximum absolute atomic E-state index is 12.0. The average molecular weight is 291 g/mol. The molecule has 5 heteroatoms. The highest BCUT2D eigenvalue weighted by Gasteiger charge is 2.20. The molecular formula is C15H21N3OS. The average Bonchev–Trinajstić information content (AvgIpc) is 2.35. The number of nitrogens with zero attached hydrogens (tertiary/aromatic N) is 2. The van der Waals surface area contributed by atoms with Crippen molar-refractivity contribution in [3.63, 3.8) is 0 Å². The molecule has 0 aliphatic heterocycles. The number of aryl methyl sites for hydroxylation is 1. The summed E-state index contributed by atoms with van der Waals surface area (Å²) < 4.78 is 0. The monoisotopic (exact) mass is 291 g/mol. The van der Waals surface area contributed by atoms with Crippen LogP contribution in [0.15, 0.2) is 5.03 Å². The highest BCUT2D eigenvalue weighted by atomic mass is 32.2. The summed E-state index contributed by atoms with van der Waals surface area (Å²) >= 11 is 1.34. The number of carbonyl (C=O) groups excluding carboxylic acids is 1. The number of nitriles is 1. The second kappa shape index (κ2) is 6.76. The minimum atomic E-state index is -0.279. The Morgan fingerprint density at radius 1 is 1.25 bits per heavy atom. The summed E-state index contributed by atoms with van der Waals surface area (Å²) in [5, 5.41) is 12.5. The van der Waals surface area contributed by atoms with E-state index in [1.807, 2.05) is 41.5 Å². The van der Waals surface area contributed by atoms with Crippen molar-refractivity contribution in [1.29, 1.82) is 5.26 Å². The molecule has 1 rings (SSSR count). The lowest BCUT2D eigenvalue weighted by Crippen LogP contribution is -2.36. The Morgan fingerprint density at radius 3 is 2.35 bits per heavy atom. The number of aromatic nitrogens is 1. The van der Waals surface area contributed by atoms with Crippen molar-refractivity contribution in [3.05, 3.63) is 22.4 Å². The van der Waals surface area contributed by atoms with Crippen LogP contribution in [0.25, 0.3) is 0 Å². The summed E-state index contributed by atoms with van der Waals surface area (Å²) in [6.07, 6.45) is 0. The lowest BCUT2D eigenvalue weighted by molar-refractivity contribution is -0.120. The van der Waals surface area contributed by atoms with Gasteiger partial charge in [0.1, 0.15) is 11.1 Å². The molecule has 1 N–H and O–H groups in total. The zero-order chi connectivity index (χ0) is 15.4. The Balaban J connectivity index is 3.04. The van der Waals surface area contributed by atoms with E-state index >= 15 is 0 Å². The molecule has 0 aliphatic carbocycles. The normalized spacial score (nSPS) is 12.1. The van der Waals surface area contributed by atoms with Gasteiger partial charge in [0.2, 0.25) is 5.91 Å². The number of hydrogen-bond donors (Lipinski definition) is 1. The summed E-state index contributed by atoms with van der Waals surface area (Å²) in [5.74, 6) is -0.0356. The van der Waals surface area contributed by atoms with Gasteiger partial charge in [-0.3, -0.25) is 4.79 Å². The maximum Gasteiger partial charge on any atom is 0.233 e. The third-order valence-corrected chi connectivity index (χ3v) is 4.25. The molecule has 20 heavy (non-hydrogen) atoms. The predicted octanol–water partition coefficient (Wildman–Crippen LogP) is 2.88. The highest BCUT2D eigenvalue weighted by Crippen LogP contribution is 2.29. The molecule has 0 aromatic carbocycles. The molecule has 0 fully saturated rings. The third-order valence-electron chi connectivity index (χ3n) is 3.16. The van der Waals surface area contributed by atoms with Crippen LogP contribution in [0.1, 0.15) is 43.2 Å². The van der Waals surface area contributed by atoms with Crippen LogP contribution in [0, 0.1) is 32.1 Å². The Morgan fingerprint density at radius 2 is 1.85 bits per heavy atom. The molecule has 0 saturated carbocycles. The first kappa shape index (κ1) is 16.5. The fourth-order valence-corrected chi connectivity index (χ4v) is 2.77. The molecule has 4 nitrogen and oxygen atoms in total. The zero-order valence-electron chi connectivity index (χ0n) is 12.9. The van der Waals surface area contributed by atoms with Crippen molar-refractivity contribution in [1.82, 2.24) is 10.3 Å². The van der Waals surface area contributed by atoms with Crippen LogP contribution in [0.5, 0.6) is 0 Å². The van der Waals surface area contributed by atoms with Crippen molar-refractivity contribution in [2.24, 2.45) is 0 Å². The fraction of sp³-hybridized carbons (Fsp3) is 0.533. The van der Waals surface area contributed by atoms with Crippen LogP contribution in [0.3, 0.4) is 0 Å². The van der Waals surface area contributed by atoms with Crippen molar-refractivity contribution < 1.29 is 4.79 Å². The van der Waals surface area contributed by atoms with Crippen molar-refractivity contribution in [2.45, 2.75) is 57.9 Å². The molecule has 1 aromatic rings. The van der Waals surface area contributed by atoms with Gasteiger partial charge >= 0.3 is 0 Å². The van der Waals surface area contributed by atoms with Crippen molar-refractivity contribution in [3.8, 4) is 6.07 Å². The lowest BCUT2D eigenvalue weighted by atomic mass is 10.1. The SMILES string of the molecule is Cc1nc(S[C@@H](C)C(=O)NC(C)C)c(C#N)c(C)c1C. The van der Waals surface area contributed by atoms with Gasteiger partial charge in [-0.25, -0.2) is 4.98 Å². The summed E-state index contributed by atoms with van der Waals surface area (Å²) in [4.78, 5) is 16.4. The molecule has 108 valence electrons. The molecule has 0 spiro atoms. The minimum absolute atomic E-state index is 0.0356. The van der Waals surface area contributed by atoms with E-state index in [0.29, 0.717) is 10.6 Å². The van der Waals surface area contributed by atoms with Crippen molar-refractivity contribution >= 4 is 17.7 Å². The summed E-state index contributed by atoms with van der Waals surface area (Å²) in [5.41, 5.74) is 3.45. The smallest absolute Gasteiger partial charge is 0.233 e. The molecule has 1 amide bonds. The van der Waals surface area contributed by atoms with Crippen LogP contribution in [-0.4, -0.2) is 22.2 Å². The first-order valence-corrected chi connectivity index (χ1v) is 7.50. The second-order valence-electron chi connectivity index (χ2n) is 5.16. The van der Waals surface area contributed by atoms with Gasteiger partial charge in [-0.2, -0.15) is 5.26 Å². The van der Waals surface area contributed by atoms with Crippen LogP contribution in [0.4, 0.5) is 0 Å². The van der Waals surface area contributed by atoms with Gasteiger partial charge in [0.25, 0.3) is 0 Å². The molecular weight excluding hydrogens is 270 g/mol. The first-order chi connectivity index (χ1) is 9.27. The lowest BCUT2D eigenvalue weighted by Gasteiger charge is -2.16. The molecule has 1 atom stereocenters. The molecule has 1 aromatic heterocycles. The van der Waals surface area contributed by atoms with Gasteiger partial charge < -0.3 is 5.32 Å². The number of amides is 1. The fourth-order valence-electron chi connectivity index (χ4n) is 1.75. The quantitative estimate of drug-likeness (QED) is 0.866. The Bertz CT molecular complexity index is 561. The highest BCUT2D eigenvalue weighted by molar-refractivity contribution is 8.00. The number of pyridine rings is 1. The van der Waals surface area contributed by atoms with Crippen LogP contribution < -0.4 is 5.32 Å². The van der Waals surface area contributed by atoms with E-state index in [2.05, 4.69) is 16.4 Å². The van der Waals surface area contributed by atoms with Gasteiger partial charge in [-0.15, -0.1) is 0 Å². The summed E-state index contributed by atoms with van der Waals surface area (Å²) in [7, 11) is 0. The third kappa shape index (κ3) is 3.73. The number of nitrogens with one attached hydrogen (secondary N) is 1. The molecule has 0 unspecified atom stereocenters.